The Balaban J connectivity index is 1.49. The molecule has 0 heteroatoms. The van der Waals surface area contributed by atoms with Gasteiger partial charge in [0.05, 0.1) is 0 Å². The second-order valence-electron chi connectivity index (χ2n) is 11.3. The van der Waals surface area contributed by atoms with E-state index >= 15 is 0 Å². The van der Waals surface area contributed by atoms with Crippen molar-refractivity contribution in [1.29, 1.82) is 0 Å². The van der Waals surface area contributed by atoms with Crippen molar-refractivity contribution < 1.29 is 0 Å². The van der Waals surface area contributed by atoms with Gasteiger partial charge < -0.3 is 0 Å². The average Bonchev–Trinajstić information content (AvgIpc) is 2.51. The molecule has 0 nitrogen and oxygen atoms in total. The molecule has 3 atom stereocenters. The SMILES string of the molecule is CCC1(C23CC4CC(CC(C4)C2C)C3)C2CC3CC(C2)CC1C3. The predicted octanol–water partition coefficient (Wildman–Crippen LogP) is 6.30. The minimum absolute atomic E-state index is 0.774. The molecule has 0 saturated heterocycles. The van der Waals surface area contributed by atoms with Gasteiger partial charge in [-0.1, -0.05) is 13.8 Å². The monoisotopic (exact) mass is 312 g/mol. The van der Waals surface area contributed by atoms with Gasteiger partial charge in [0.15, 0.2) is 0 Å². The highest BCUT2D eigenvalue weighted by Crippen LogP contribution is 2.77. The first-order valence-corrected chi connectivity index (χ1v) is 11.1. The van der Waals surface area contributed by atoms with Gasteiger partial charge >= 0.3 is 0 Å². The summed E-state index contributed by atoms with van der Waals surface area (Å²) in [5, 5.41) is 0. The normalized spacial score (nSPS) is 65.5. The lowest BCUT2D eigenvalue weighted by Gasteiger charge is -2.75. The zero-order chi connectivity index (χ0) is 15.4. The maximum atomic E-state index is 2.73. The Morgan fingerprint density at radius 3 is 1.74 bits per heavy atom. The summed E-state index contributed by atoms with van der Waals surface area (Å²) in [7, 11) is 0. The molecule has 0 heterocycles. The third-order valence-electron chi connectivity index (χ3n) is 10.9. The van der Waals surface area contributed by atoms with Crippen molar-refractivity contribution in [2.45, 2.75) is 84.5 Å². The fourth-order valence-corrected chi connectivity index (χ4v) is 10.9. The van der Waals surface area contributed by atoms with Crippen molar-refractivity contribution in [3.05, 3.63) is 0 Å². The third-order valence-corrected chi connectivity index (χ3v) is 10.9. The molecule has 0 aromatic heterocycles. The molecule has 128 valence electrons. The quantitative estimate of drug-likeness (QED) is 0.561. The van der Waals surface area contributed by atoms with Crippen LogP contribution < -0.4 is 0 Å². The first-order chi connectivity index (χ1) is 11.1. The molecule has 0 amide bonds. The van der Waals surface area contributed by atoms with Gasteiger partial charge in [-0.3, -0.25) is 0 Å². The second-order valence-corrected chi connectivity index (χ2v) is 11.3. The molecule has 8 bridgehead atoms. The molecular formula is C23H36. The molecule has 23 heavy (non-hydrogen) atoms. The summed E-state index contributed by atoms with van der Waals surface area (Å²) in [6.45, 7) is 5.35. The van der Waals surface area contributed by atoms with Gasteiger partial charge in [0.1, 0.15) is 0 Å². The van der Waals surface area contributed by atoms with Crippen LogP contribution in [0.1, 0.15) is 84.5 Å². The van der Waals surface area contributed by atoms with Crippen LogP contribution in [0.3, 0.4) is 0 Å². The zero-order valence-electron chi connectivity index (χ0n) is 15.4. The molecule has 8 fully saturated rings. The molecule has 3 unspecified atom stereocenters. The van der Waals surface area contributed by atoms with Crippen LogP contribution in [0.25, 0.3) is 0 Å². The summed E-state index contributed by atoms with van der Waals surface area (Å²) in [4.78, 5) is 0. The van der Waals surface area contributed by atoms with E-state index in [9.17, 15) is 0 Å². The summed E-state index contributed by atoms with van der Waals surface area (Å²) in [6, 6.07) is 0. The maximum Gasteiger partial charge on any atom is -0.0184 e. The van der Waals surface area contributed by atoms with Crippen molar-refractivity contribution >= 4 is 0 Å². The summed E-state index contributed by atoms with van der Waals surface area (Å²) in [5.41, 5.74) is 1.55. The van der Waals surface area contributed by atoms with Crippen LogP contribution in [0, 0.1) is 58.2 Å². The molecule has 0 aromatic carbocycles. The summed E-state index contributed by atoms with van der Waals surface area (Å²) in [6.07, 6.45) is 17.8. The van der Waals surface area contributed by atoms with Gasteiger partial charge in [0, 0.05) is 0 Å². The van der Waals surface area contributed by atoms with Crippen molar-refractivity contribution in [3.63, 3.8) is 0 Å². The Morgan fingerprint density at radius 2 is 1.22 bits per heavy atom. The van der Waals surface area contributed by atoms with Crippen molar-refractivity contribution in [2.24, 2.45) is 58.2 Å². The topological polar surface area (TPSA) is 0 Å². The first kappa shape index (κ1) is 14.2. The van der Waals surface area contributed by atoms with Crippen LogP contribution in [-0.2, 0) is 0 Å². The Bertz CT molecular complexity index is 474. The minimum atomic E-state index is 0.774. The zero-order valence-corrected chi connectivity index (χ0v) is 15.4. The number of rotatable bonds is 2. The van der Waals surface area contributed by atoms with E-state index in [0.717, 1.165) is 58.2 Å². The van der Waals surface area contributed by atoms with Gasteiger partial charge in [-0.15, -0.1) is 0 Å². The van der Waals surface area contributed by atoms with Gasteiger partial charge in [0.2, 0.25) is 0 Å². The van der Waals surface area contributed by atoms with Crippen LogP contribution >= 0.6 is 0 Å². The van der Waals surface area contributed by atoms with E-state index in [1.54, 1.807) is 64.2 Å². The Hall–Kier alpha value is 0. The van der Waals surface area contributed by atoms with E-state index in [-0.39, 0.29) is 0 Å². The Kier molecular flexibility index (Phi) is 2.71. The van der Waals surface area contributed by atoms with E-state index in [1.165, 1.54) is 6.42 Å². The van der Waals surface area contributed by atoms with Crippen LogP contribution in [0.4, 0.5) is 0 Å². The van der Waals surface area contributed by atoms with E-state index in [4.69, 9.17) is 0 Å². The van der Waals surface area contributed by atoms with E-state index in [0.29, 0.717) is 0 Å². The van der Waals surface area contributed by atoms with Crippen molar-refractivity contribution in [1.82, 2.24) is 0 Å². The van der Waals surface area contributed by atoms with Crippen LogP contribution in [0.5, 0.6) is 0 Å². The van der Waals surface area contributed by atoms with Crippen LogP contribution in [-0.4, -0.2) is 0 Å². The van der Waals surface area contributed by atoms with Crippen molar-refractivity contribution in [3.8, 4) is 0 Å². The lowest BCUT2D eigenvalue weighted by atomic mass is 9.30. The Morgan fingerprint density at radius 1 is 0.696 bits per heavy atom. The lowest BCUT2D eigenvalue weighted by Crippen LogP contribution is -2.67. The molecular weight excluding hydrogens is 276 g/mol. The van der Waals surface area contributed by atoms with Crippen LogP contribution in [0.2, 0.25) is 0 Å². The smallest absolute Gasteiger partial charge is 0.0184 e. The van der Waals surface area contributed by atoms with E-state index in [1.807, 2.05) is 0 Å². The number of hydrogen-bond acceptors (Lipinski definition) is 0. The summed E-state index contributed by atoms with van der Waals surface area (Å²) in [5.74, 6) is 8.95. The molecule has 0 radical (unpaired) electrons. The molecule has 0 spiro atoms. The lowest BCUT2D eigenvalue weighted by molar-refractivity contribution is -0.257. The third kappa shape index (κ3) is 1.52. The van der Waals surface area contributed by atoms with Gasteiger partial charge in [-0.25, -0.2) is 0 Å². The molecule has 8 aliphatic carbocycles. The van der Waals surface area contributed by atoms with E-state index < -0.39 is 0 Å². The Labute approximate surface area is 143 Å². The maximum absolute atomic E-state index is 2.73. The molecule has 0 N–H and O–H groups in total. The number of hydrogen-bond donors (Lipinski definition) is 0. The first-order valence-electron chi connectivity index (χ1n) is 11.1. The van der Waals surface area contributed by atoms with Crippen molar-refractivity contribution in [2.75, 3.05) is 0 Å². The molecule has 0 aliphatic heterocycles. The fourth-order valence-electron chi connectivity index (χ4n) is 10.9. The highest BCUT2D eigenvalue weighted by Gasteiger charge is 2.69. The highest BCUT2D eigenvalue weighted by atomic mass is 14.7. The fraction of sp³-hybridized carbons (Fsp3) is 1.00. The highest BCUT2D eigenvalue weighted by molar-refractivity contribution is 5.18. The summed E-state index contributed by atoms with van der Waals surface area (Å²) < 4.78 is 0. The minimum Gasteiger partial charge on any atom is -0.0648 e. The molecule has 8 rings (SSSR count). The van der Waals surface area contributed by atoms with Gasteiger partial charge in [0.25, 0.3) is 0 Å². The standard InChI is InChI=1S/C23H36/c1-3-23(20-8-15-4-16(10-20)11-21(23)9-15)22-12-17-5-18(13-22)7-19(6-17)14(22)2/h14-21H,3-13H2,1-2H3. The largest absolute Gasteiger partial charge is 0.0648 e. The van der Waals surface area contributed by atoms with Crippen LogP contribution in [0.15, 0.2) is 0 Å². The van der Waals surface area contributed by atoms with E-state index in [2.05, 4.69) is 13.8 Å². The predicted molar refractivity (Wildman–Crippen MR) is 94.9 cm³/mol. The molecule has 0 aromatic rings. The molecule has 8 aliphatic rings. The molecule has 8 saturated carbocycles. The summed E-state index contributed by atoms with van der Waals surface area (Å²) >= 11 is 0. The average molecular weight is 313 g/mol. The second kappa shape index (κ2) is 4.39. The van der Waals surface area contributed by atoms with Gasteiger partial charge in [-0.05, 0) is 129 Å². The van der Waals surface area contributed by atoms with Gasteiger partial charge in [-0.2, -0.15) is 0 Å².